The molecule has 3 rings (SSSR count). The van der Waals surface area contributed by atoms with E-state index in [1.54, 1.807) is 0 Å². The van der Waals surface area contributed by atoms with Crippen molar-refractivity contribution < 1.29 is 9.15 Å². The first-order valence-electron chi connectivity index (χ1n) is 4.52. The fourth-order valence-electron chi connectivity index (χ4n) is 1.85. The summed E-state index contributed by atoms with van der Waals surface area (Å²) >= 11 is 0. The summed E-state index contributed by atoms with van der Waals surface area (Å²) in [6.45, 7) is 1.49. The molecular formula is C11H10O2. The van der Waals surface area contributed by atoms with Crippen LogP contribution in [0.1, 0.15) is 11.3 Å². The maximum absolute atomic E-state index is 5.71. The summed E-state index contributed by atoms with van der Waals surface area (Å²) in [6.07, 6.45) is 0.907. The van der Waals surface area contributed by atoms with Gasteiger partial charge in [-0.05, 0) is 6.07 Å². The summed E-state index contributed by atoms with van der Waals surface area (Å²) in [5.41, 5.74) is 2.22. The molecule has 1 aromatic carbocycles. The van der Waals surface area contributed by atoms with Gasteiger partial charge in [0.25, 0.3) is 0 Å². The van der Waals surface area contributed by atoms with Gasteiger partial charge >= 0.3 is 0 Å². The summed E-state index contributed by atoms with van der Waals surface area (Å²) in [7, 11) is 0. The van der Waals surface area contributed by atoms with Crippen LogP contribution >= 0.6 is 0 Å². The monoisotopic (exact) mass is 174 g/mol. The van der Waals surface area contributed by atoms with Crippen LogP contribution in [-0.2, 0) is 17.8 Å². The van der Waals surface area contributed by atoms with Gasteiger partial charge in [-0.15, -0.1) is 0 Å². The molecule has 0 bridgehead atoms. The van der Waals surface area contributed by atoms with Gasteiger partial charge in [-0.3, -0.25) is 0 Å². The van der Waals surface area contributed by atoms with Gasteiger partial charge in [0.2, 0.25) is 0 Å². The summed E-state index contributed by atoms with van der Waals surface area (Å²) in [6, 6.07) is 8.13. The zero-order valence-electron chi connectivity index (χ0n) is 7.25. The summed E-state index contributed by atoms with van der Waals surface area (Å²) in [5, 5.41) is 1.21. The van der Waals surface area contributed by atoms with E-state index in [0.717, 1.165) is 24.4 Å². The Bertz CT molecular complexity index is 442. The average molecular weight is 174 g/mol. The number of fused-ring (bicyclic) bond motifs is 3. The SMILES string of the molecule is c1ccc2c3c(oc2c1)CCOC3. The Balaban J connectivity index is 2.34. The minimum Gasteiger partial charge on any atom is -0.461 e. The van der Waals surface area contributed by atoms with E-state index in [0.29, 0.717) is 6.61 Å². The maximum Gasteiger partial charge on any atom is 0.134 e. The Morgan fingerprint density at radius 2 is 2.08 bits per heavy atom. The summed E-state index contributed by atoms with van der Waals surface area (Å²) < 4.78 is 11.1. The number of hydrogen-bond acceptors (Lipinski definition) is 2. The Morgan fingerprint density at radius 1 is 1.15 bits per heavy atom. The van der Waals surface area contributed by atoms with Crippen molar-refractivity contribution in [3.8, 4) is 0 Å². The number of hydrogen-bond donors (Lipinski definition) is 0. The lowest BCUT2D eigenvalue weighted by molar-refractivity contribution is 0.105. The lowest BCUT2D eigenvalue weighted by Crippen LogP contribution is -2.06. The second-order valence-electron chi connectivity index (χ2n) is 3.30. The molecule has 0 aliphatic carbocycles. The van der Waals surface area contributed by atoms with Crippen molar-refractivity contribution >= 4 is 11.0 Å². The second-order valence-corrected chi connectivity index (χ2v) is 3.30. The van der Waals surface area contributed by atoms with Crippen LogP contribution in [0.5, 0.6) is 0 Å². The lowest BCUT2D eigenvalue weighted by Gasteiger charge is -2.09. The van der Waals surface area contributed by atoms with Crippen LogP contribution in [0.3, 0.4) is 0 Å². The van der Waals surface area contributed by atoms with Crippen molar-refractivity contribution in [1.82, 2.24) is 0 Å². The Kier molecular flexibility index (Phi) is 1.43. The van der Waals surface area contributed by atoms with Crippen molar-refractivity contribution in [1.29, 1.82) is 0 Å². The predicted molar refractivity (Wildman–Crippen MR) is 49.6 cm³/mol. The molecule has 0 saturated carbocycles. The number of benzene rings is 1. The van der Waals surface area contributed by atoms with E-state index in [4.69, 9.17) is 9.15 Å². The smallest absolute Gasteiger partial charge is 0.134 e. The zero-order chi connectivity index (χ0) is 8.67. The fourth-order valence-corrected chi connectivity index (χ4v) is 1.85. The van der Waals surface area contributed by atoms with E-state index in [9.17, 15) is 0 Å². The highest BCUT2D eigenvalue weighted by Crippen LogP contribution is 2.28. The molecule has 2 nitrogen and oxygen atoms in total. The average Bonchev–Trinajstić information content (AvgIpc) is 2.56. The molecule has 2 heteroatoms. The molecule has 2 heterocycles. The molecule has 0 fully saturated rings. The van der Waals surface area contributed by atoms with E-state index in [1.165, 1.54) is 10.9 Å². The van der Waals surface area contributed by atoms with Gasteiger partial charge in [-0.2, -0.15) is 0 Å². The quantitative estimate of drug-likeness (QED) is 0.612. The Hall–Kier alpha value is -1.28. The molecule has 13 heavy (non-hydrogen) atoms. The Morgan fingerprint density at radius 3 is 3.08 bits per heavy atom. The molecule has 66 valence electrons. The third-order valence-corrected chi connectivity index (χ3v) is 2.50. The molecular weight excluding hydrogens is 164 g/mol. The summed E-state index contributed by atoms with van der Waals surface area (Å²) in [4.78, 5) is 0. The van der Waals surface area contributed by atoms with Gasteiger partial charge in [-0.1, -0.05) is 18.2 Å². The molecule has 0 atom stereocenters. The van der Waals surface area contributed by atoms with Crippen LogP contribution in [0.2, 0.25) is 0 Å². The van der Waals surface area contributed by atoms with Gasteiger partial charge in [0.1, 0.15) is 11.3 Å². The molecule has 1 aromatic heterocycles. The van der Waals surface area contributed by atoms with Crippen molar-refractivity contribution in [2.24, 2.45) is 0 Å². The number of ether oxygens (including phenoxy) is 1. The highest BCUT2D eigenvalue weighted by atomic mass is 16.5. The molecule has 0 N–H and O–H groups in total. The third-order valence-electron chi connectivity index (χ3n) is 2.50. The predicted octanol–water partition coefficient (Wildman–Crippen LogP) is 2.51. The van der Waals surface area contributed by atoms with Crippen LogP contribution in [0.4, 0.5) is 0 Å². The van der Waals surface area contributed by atoms with E-state index >= 15 is 0 Å². The third kappa shape index (κ3) is 0.988. The van der Waals surface area contributed by atoms with E-state index in [-0.39, 0.29) is 0 Å². The first-order valence-corrected chi connectivity index (χ1v) is 4.52. The van der Waals surface area contributed by atoms with E-state index in [2.05, 4.69) is 6.07 Å². The van der Waals surface area contributed by atoms with Crippen LogP contribution < -0.4 is 0 Å². The number of furan rings is 1. The Labute approximate surface area is 76.1 Å². The van der Waals surface area contributed by atoms with Crippen molar-refractivity contribution in [3.63, 3.8) is 0 Å². The molecule has 0 saturated heterocycles. The van der Waals surface area contributed by atoms with Crippen LogP contribution in [0.15, 0.2) is 28.7 Å². The van der Waals surface area contributed by atoms with E-state index in [1.807, 2.05) is 18.2 Å². The van der Waals surface area contributed by atoms with Gasteiger partial charge in [0.05, 0.1) is 13.2 Å². The fraction of sp³-hybridized carbons (Fsp3) is 0.273. The first-order chi connectivity index (χ1) is 6.45. The van der Waals surface area contributed by atoms with Gasteiger partial charge in [0, 0.05) is 17.4 Å². The number of para-hydroxylation sites is 1. The normalized spacial score (nSPS) is 16.0. The summed E-state index contributed by atoms with van der Waals surface area (Å²) in [5.74, 6) is 1.10. The lowest BCUT2D eigenvalue weighted by atomic mass is 10.1. The molecule has 2 aromatic rings. The standard InChI is InChI=1S/C11H10O2/c1-2-4-10-8(3-1)9-7-12-6-5-11(9)13-10/h1-4H,5-7H2. The minimum atomic E-state index is 0.701. The molecule has 1 aliphatic rings. The topological polar surface area (TPSA) is 22.4 Å². The van der Waals surface area contributed by atoms with Gasteiger partial charge in [0.15, 0.2) is 0 Å². The largest absolute Gasteiger partial charge is 0.461 e. The molecule has 0 unspecified atom stereocenters. The molecule has 0 amide bonds. The maximum atomic E-state index is 5.71. The first kappa shape index (κ1) is 7.15. The number of rotatable bonds is 0. The molecule has 0 radical (unpaired) electrons. The van der Waals surface area contributed by atoms with Crippen molar-refractivity contribution in [2.75, 3.05) is 6.61 Å². The van der Waals surface area contributed by atoms with Crippen molar-refractivity contribution in [2.45, 2.75) is 13.0 Å². The van der Waals surface area contributed by atoms with Gasteiger partial charge < -0.3 is 9.15 Å². The molecule has 1 aliphatic heterocycles. The second kappa shape index (κ2) is 2.60. The van der Waals surface area contributed by atoms with Crippen LogP contribution in [0, 0.1) is 0 Å². The minimum absolute atomic E-state index is 0.701. The van der Waals surface area contributed by atoms with Crippen LogP contribution in [-0.4, -0.2) is 6.61 Å². The highest BCUT2D eigenvalue weighted by Gasteiger charge is 2.16. The highest BCUT2D eigenvalue weighted by molar-refractivity contribution is 5.82. The van der Waals surface area contributed by atoms with E-state index < -0.39 is 0 Å². The zero-order valence-corrected chi connectivity index (χ0v) is 7.25. The van der Waals surface area contributed by atoms with Gasteiger partial charge in [-0.25, -0.2) is 0 Å². The molecule has 0 spiro atoms. The van der Waals surface area contributed by atoms with Crippen LogP contribution in [0.25, 0.3) is 11.0 Å². The van der Waals surface area contributed by atoms with Crippen molar-refractivity contribution in [3.05, 3.63) is 35.6 Å².